The van der Waals surface area contributed by atoms with Crippen molar-refractivity contribution in [1.29, 1.82) is 0 Å². The average molecular weight is 291 g/mol. The van der Waals surface area contributed by atoms with Crippen LogP contribution in [0.2, 0.25) is 0 Å². The van der Waals surface area contributed by atoms with Gasteiger partial charge in [-0.05, 0) is 42.4 Å². The van der Waals surface area contributed by atoms with Gasteiger partial charge >= 0.3 is 0 Å². The summed E-state index contributed by atoms with van der Waals surface area (Å²) < 4.78 is 0.666. The second kappa shape index (κ2) is 3.28. The minimum Gasteiger partial charge on any atom is -0.353 e. The molecule has 1 aromatic heterocycles. The van der Waals surface area contributed by atoms with Gasteiger partial charge in [0.1, 0.15) is 0 Å². The molecule has 1 aliphatic carbocycles. The number of hydrogen-bond acceptors (Lipinski definition) is 3. The van der Waals surface area contributed by atoms with Crippen molar-refractivity contribution >= 4 is 28.5 Å². The summed E-state index contributed by atoms with van der Waals surface area (Å²) in [4.78, 5) is 18.3. The first-order chi connectivity index (χ1) is 6.16. The number of aromatic nitrogens is 2. The van der Waals surface area contributed by atoms with Crippen LogP contribution in [-0.2, 0) is 0 Å². The van der Waals surface area contributed by atoms with Gasteiger partial charge in [-0.3, -0.25) is 9.78 Å². The maximum absolute atomic E-state index is 11.3. The Kier molecular flexibility index (Phi) is 2.27. The normalized spacial score (nSPS) is 15.8. The zero-order valence-electron chi connectivity index (χ0n) is 7.22. The largest absolute Gasteiger partial charge is 0.353 e. The Morgan fingerprint density at radius 3 is 2.85 bits per heavy atom. The van der Waals surface area contributed by atoms with Gasteiger partial charge in [0.2, 0.25) is 5.95 Å². The van der Waals surface area contributed by atoms with Crippen LogP contribution in [0.25, 0.3) is 0 Å². The number of nitrogens with zero attached hydrogens (tertiary/aromatic N) is 1. The quantitative estimate of drug-likeness (QED) is 0.806. The number of aryl methyl sites for hydroxylation is 1. The SMILES string of the molecule is Cc1nc(NC2CC2)[nH]c(=O)c1I. The highest BCUT2D eigenvalue weighted by Gasteiger charge is 2.21. The van der Waals surface area contributed by atoms with E-state index in [9.17, 15) is 4.79 Å². The van der Waals surface area contributed by atoms with E-state index in [1.165, 1.54) is 12.8 Å². The number of rotatable bonds is 2. The Morgan fingerprint density at radius 2 is 2.31 bits per heavy atom. The van der Waals surface area contributed by atoms with Crippen LogP contribution < -0.4 is 10.9 Å². The second-order valence-corrected chi connectivity index (χ2v) is 4.31. The molecular weight excluding hydrogens is 281 g/mol. The molecule has 1 aromatic rings. The monoisotopic (exact) mass is 291 g/mol. The van der Waals surface area contributed by atoms with Crippen LogP contribution in [0.5, 0.6) is 0 Å². The van der Waals surface area contributed by atoms with Crippen LogP contribution in [0.15, 0.2) is 4.79 Å². The molecule has 0 bridgehead atoms. The fraction of sp³-hybridized carbons (Fsp3) is 0.500. The van der Waals surface area contributed by atoms with E-state index in [-0.39, 0.29) is 5.56 Å². The number of aromatic amines is 1. The lowest BCUT2D eigenvalue weighted by atomic mass is 10.4. The molecule has 0 spiro atoms. The van der Waals surface area contributed by atoms with Gasteiger partial charge in [-0.15, -0.1) is 0 Å². The molecule has 2 rings (SSSR count). The first-order valence-corrected chi connectivity index (χ1v) is 5.27. The molecule has 13 heavy (non-hydrogen) atoms. The van der Waals surface area contributed by atoms with Gasteiger partial charge in [-0.1, -0.05) is 0 Å². The van der Waals surface area contributed by atoms with Crippen molar-refractivity contribution in [1.82, 2.24) is 9.97 Å². The lowest BCUT2D eigenvalue weighted by molar-refractivity contribution is 0.994. The van der Waals surface area contributed by atoms with Gasteiger partial charge in [0, 0.05) is 6.04 Å². The summed E-state index contributed by atoms with van der Waals surface area (Å²) in [5, 5.41) is 3.15. The molecule has 0 radical (unpaired) electrons. The van der Waals surface area contributed by atoms with Crippen LogP contribution >= 0.6 is 22.6 Å². The average Bonchev–Trinajstić information content (AvgIpc) is 2.84. The predicted octanol–water partition coefficient (Wildman–Crippen LogP) is 1.26. The molecular formula is C8H10IN3O. The van der Waals surface area contributed by atoms with Crippen molar-refractivity contribution in [3.05, 3.63) is 19.6 Å². The highest BCUT2D eigenvalue weighted by molar-refractivity contribution is 14.1. The molecule has 1 saturated carbocycles. The lowest BCUT2D eigenvalue weighted by Crippen LogP contribution is -2.17. The topological polar surface area (TPSA) is 57.8 Å². The highest BCUT2D eigenvalue weighted by atomic mass is 127. The first-order valence-electron chi connectivity index (χ1n) is 4.20. The molecule has 0 atom stereocenters. The van der Waals surface area contributed by atoms with Crippen LogP contribution in [0.4, 0.5) is 5.95 Å². The minimum absolute atomic E-state index is 0.0590. The molecule has 4 nitrogen and oxygen atoms in total. The zero-order chi connectivity index (χ0) is 9.42. The molecule has 1 heterocycles. The summed E-state index contributed by atoms with van der Waals surface area (Å²) in [5.74, 6) is 0.602. The van der Waals surface area contributed by atoms with Gasteiger partial charge in [0.05, 0.1) is 9.26 Å². The standard InChI is InChI=1S/C8H10IN3O/c1-4-6(9)7(13)12-8(10-4)11-5-2-3-5/h5H,2-3H2,1H3,(H2,10,11,12,13). The smallest absolute Gasteiger partial charge is 0.265 e. The van der Waals surface area contributed by atoms with Gasteiger partial charge in [0.15, 0.2) is 0 Å². The van der Waals surface area contributed by atoms with Crippen LogP contribution in [0.1, 0.15) is 18.5 Å². The molecule has 0 amide bonds. The molecule has 1 aliphatic rings. The molecule has 0 aromatic carbocycles. The van der Waals surface area contributed by atoms with Crippen LogP contribution in [0.3, 0.4) is 0 Å². The van der Waals surface area contributed by atoms with Crippen molar-refractivity contribution in [2.75, 3.05) is 5.32 Å². The highest BCUT2D eigenvalue weighted by Crippen LogP contribution is 2.22. The van der Waals surface area contributed by atoms with Gasteiger partial charge in [0.25, 0.3) is 5.56 Å². The maximum Gasteiger partial charge on any atom is 0.265 e. The summed E-state index contributed by atoms with van der Waals surface area (Å²) in [5.41, 5.74) is 0.726. The van der Waals surface area contributed by atoms with Gasteiger partial charge in [-0.2, -0.15) is 0 Å². The summed E-state index contributed by atoms with van der Waals surface area (Å²) >= 11 is 2.00. The molecule has 1 fully saturated rings. The third-order valence-corrected chi connectivity index (χ3v) is 3.22. The van der Waals surface area contributed by atoms with Crippen molar-refractivity contribution in [2.24, 2.45) is 0 Å². The zero-order valence-corrected chi connectivity index (χ0v) is 9.38. The molecule has 5 heteroatoms. The number of halogens is 1. The number of hydrogen-bond donors (Lipinski definition) is 2. The van der Waals surface area contributed by atoms with Crippen molar-refractivity contribution in [3.8, 4) is 0 Å². The van der Waals surface area contributed by atoms with Gasteiger partial charge in [-0.25, -0.2) is 4.98 Å². The minimum atomic E-state index is -0.0590. The third-order valence-electron chi connectivity index (χ3n) is 1.95. The molecule has 2 N–H and O–H groups in total. The van der Waals surface area contributed by atoms with E-state index in [2.05, 4.69) is 15.3 Å². The van der Waals surface area contributed by atoms with E-state index in [4.69, 9.17) is 0 Å². The van der Waals surface area contributed by atoms with E-state index in [0.29, 0.717) is 15.6 Å². The fourth-order valence-corrected chi connectivity index (χ4v) is 1.32. The van der Waals surface area contributed by atoms with E-state index in [1.807, 2.05) is 29.5 Å². The summed E-state index contributed by atoms with van der Waals surface area (Å²) in [6.45, 7) is 1.84. The second-order valence-electron chi connectivity index (χ2n) is 3.23. The Balaban J connectivity index is 2.31. The Labute approximate surface area is 89.3 Å². The lowest BCUT2D eigenvalue weighted by Gasteiger charge is -2.04. The maximum atomic E-state index is 11.3. The number of anilines is 1. The molecule has 0 unspecified atom stereocenters. The predicted molar refractivity (Wildman–Crippen MR) is 59.0 cm³/mol. The van der Waals surface area contributed by atoms with E-state index in [0.717, 1.165) is 5.69 Å². The Hall–Kier alpha value is -0.590. The number of nitrogens with one attached hydrogen (secondary N) is 2. The van der Waals surface area contributed by atoms with Crippen LogP contribution in [-0.4, -0.2) is 16.0 Å². The van der Waals surface area contributed by atoms with E-state index >= 15 is 0 Å². The molecule has 0 saturated heterocycles. The fourth-order valence-electron chi connectivity index (χ4n) is 1.06. The number of H-pyrrole nitrogens is 1. The van der Waals surface area contributed by atoms with Gasteiger partial charge < -0.3 is 5.32 Å². The Morgan fingerprint density at radius 1 is 1.62 bits per heavy atom. The Bertz CT molecular complexity index is 383. The summed E-state index contributed by atoms with van der Waals surface area (Å²) in [7, 11) is 0. The van der Waals surface area contributed by atoms with E-state index < -0.39 is 0 Å². The summed E-state index contributed by atoms with van der Waals surface area (Å²) in [6, 6.07) is 0.516. The first kappa shape index (κ1) is 8.98. The molecule has 70 valence electrons. The summed E-state index contributed by atoms with van der Waals surface area (Å²) in [6.07, 6.45) is 2.35. The molecule has 0 aliphatic heterocycles. The van der Waals surface area contributed by atoms with Crippen molar-refractivity contribution in [2.45, 2.75) is 25.8 Å². The van der Waals surface area contributed by atoms with E-state index in [1.54, 1.807) is 0 Å². The van der Waals surface area contributed by atoms with Crippen molar-refractivity contribution < 1.29 is 0 Å². The van der Waals surface area contributed by atoms with Crippen LogP contribution in [0, 0.1) is 10.5 Å². The van der Waals surface area contributed by atoms with Crippen molar-refractivity contribution in [3.63, 3.8) is 0 Å². The third kappa shape index (κ3) is 2.01.